The number of H-pyrrole nitrogens is 1. The maximum atomic E-state index is 11.3. The van der Waals surface area contributed by atoms with Crippen molar-refractivity contribution >= 4 is 17.1 Å². The maximum Gasteiger partial charge on any atom is 0.277 e. The van der Waals surface area contributed by atoms with E-state index >= 15 is 0 Å². The molecule has 13 heavy (non-hydrogen) atoms. The Labute approximate surface area is 73.6 Å². The van der Waals surface area contributed by atoms with Crippen LogP contribution in [0.4, 0.5) is 5.95 Å². The molecule has 0 aliphatic carbocycles. The number of nitrogens with one attached hydrogen (secondary N) is 2. The Morgan fingerprint density at radius 1 is 1.62 bits per heavy atom. The van der Waals surface area contributed by atoms with Gasteiger partial charge in [0.05, 0.1) is 6.33 Å². The molecule has 2 N–H and O–H groups in total. The number of aryl methyl sites for hydroxylation is 1. The van der Waals surface area contributed by atoms with Crippen LogP contribution in [0, 0.1) is 0 Å². The average molecular weight is 179 g/mol. The Bertz CT molecular complexity index is 497. The summed E-state index contributed by atoms with van der Waals surface area (Å²) in [4.78, 5) is 21.9. The topological polar surface area (TPSA) is 75.6 Å². The summed E-state index contributed by atoms with van der Waals surface area (Å²) in [5.41, 5.74) is 0.754. The van der Waals surface area contributed by atoms with Crippen molar-refractivity contribution in [3.63, 3.8) is 0 Å². The molecule has 0 saturated heterocycles. The molecule has 0 radical (unpaired) electrons. The molecule has 6 heteroatoms. The van der Waals surface area contributed by atoms with Crippen LogP contribution < -0.4 is 10.9 Å². The molecule has 0 aliphatic rings. The normalized spacial score (nSPS) is 10.6. The lowest BCUT2D eigenvalue weighted by Gasteiger charge is -1.97. The van der Waals surface area contributed by atoms with Gasteiger partial charge in [-0.15, -0.1) is 0 Å². The minimum Gasteiger partial charge on any atom is -0.359 e. The van der Waals surface area contributed by atoms with Crippen LogP contribution in [0.5, 0.6) is 0 Å². The van der Waals surface area contributed by atoms with E-state index in [1.165, 1.54) is 6.33 Å². The summed E-state index contributed by atoms with van der Waals surface area (Å²) in [5.74, 6) is 0.624. The number of aromatic nitrogens is 4. The fourth-order valence-corrected chi connectivity index (χ4v) is 1.27. The molecule has 0 unspecified atom stereocenters. The number of rotatable bonds is 1. The van der Waals surface area contributed by atoms with Crippen LogP contribution in [-0.4, -0.2) is 26.6 Å². The lowest BCUT2D eigenvalue weighted by Crippen LogP contribution is -2.10. The predicted octanol–water partition coefficient (Wildman–Crippen LogP) is -0.302. The smallest absolute Gasteiger partial charge is 0.277 e. The van der Waals surface area contributed by atoms with Gasteiger partial charge in [-0.1, -0.05) is 0 Å². The van der Waals surface area contributed by atoms with Gasteiger partial charge in [-0.05, 0) is 0 Å². The van der Waals surface area contributed by atoms with Crippen LogP contribution in [0.3, 0.4) is 0 Å². The van der Waals surface area contributed by atoms with Gasteiger partial charge in [-0.2, -0.15) is 4.98 Å². The van der Waals surface area contributed by atoms with Crippen LogP contribution >= 0.6 is 0 Å². The lowest BCUT2D eigenvalue weighted by atomic mass is 10.5. The Kier molecular flexibility index (Phi) is 1.54. The molecule has 2 rings (SSSR count). The molecule has 0 fully saturated rings. The largest absolute Gasteiger partial charge is 0.359 e. The quantitative estimate of drug-likeness (QED) is 0.630. The average Bonchev–Trinajstić information content (AvgIpc) is 2.44. The monoisotopic (exact) mass is 179 g/mol. The number of aromatic amines is 1. The summed E-state index contributed by atoms with van der Waals surface area (Å²) in [6, 6.07) is 0. The minimum atomic E-state index is -0.179. The Morgan fingerprint density at radius 2 is 2.38 bits per heavy atom. The molecule has 0 aliphatic heterocycles. The summed E-state index contributed by atoms with van der Waals surface area (Å²) in [7, 11) is 3.51. The van der Waals surface area contributed by atoms with Crippen LogP contribution in [0.25, 0.3) is 11.2 Å². The van der Waals surface area contributed by atoms with E-state index in [1.54, 1.807) is 18.7 Å². The van der Waals surface area contributed by atoms with E-state index in [1.807, 2.05) is 0 Å². The highest BCUT2D eigenvalue weighted by molar-refractivity contribution is 5.72. The van der Waals surface area contributed by atoms with E-state index in [0.29, 0.717) is 17.1 Å². The molecule has 0 aromatic carbocycles. The van der Waals surface area contributed by atoms with Crippen molar-refractivity contribution in [2.45, 2.75) is 0 Å². The van der Waals surface area contributed by atoms with Crippen molar-refractivity contribution in [1.29, 1.82) is 0 Å². The molecular weight excluding hydrogens is 170 g/mol. The summed E-state index contributed by atoms with van der Waals surface area (Å²) in [6.07, 6.45) is 1.34. The number of anilines is 1. The molecule has 0 saturated carbocycles. The van der Waals surface area contributed by atoms with Crippen molar-refractivity contribution in [3.8, 4) is 0 Å². The van der Waals surface area contributed by atoms with Gasteiger partial charge in [0.25, 0.3) is 5.56 Å². The molecule has 2 aromatic rings. The minimum absolute atomic E-state index is 0.179. The highest BCUT2D eigenvalue weighted by Crippen LogP contribution is 2.10. The zero-order valence-electron chi connectivity index (χ0n) is 7.33. The van der Waals surface area contributed by atoms with Gasteiger partial charge < -0.3 is 14.9 Å². The molecule has 0 atom stereocenters. The van der Waals surface area contributed by atoms with Crippen LogP contribution in [0.2, 0.25) is 0 Å². The van der Waals surface area contributed by atoms with Gasteiger partial charge in [0.2, 0.25) is 5.95 Å². The Morgan fingerprint density at radius 3 is 3.00 bits per heavy atom. The molecular formula is C7H9N5O. The van der Waals surface area contributed by atoms with Gasteiger partial charge in [0.1, 0.15) is 0 Å². The first kappa shape index (κ1) is 7.78. The third-order valence-electron chi connectivity index (χ3n) is 1.90. The number of fused-ring (bicyclic) bond motifs is 1. The van der Waals surface area contributed by atoms with E-state index in [2.05, 4.69) is 20.3 Å². The number of nitrogens with zero attached hydrogens (tertiary/aromatic N) is 3. The summed E-state index contributed by atoms with van der Waals surface area (Å²) in [5, 5.41) is 2.87. The molecule has 68 valence electrons. The van der Waals surface area contributed by atoms with Gasteiger partial charge in [-0.3, -0.25) is 4.79 Å². The van der Waals surface area contributed by atoms with E-state index in [-0.39, 0.29) is 5.56 Å². The third-order valence-corrected chi connectivity index (χ3v) is 1.90. The summed E-state index contributed by atoms with van der Waals surface area (Å²) in [6.45, 7) is 0. The highest BCUT2D eigenvalue weighted by atomic mass is 16.1. The summed E-state index contributed by atoms with van der Waals surface area (Å²) >= 11 is 0. The molecule has 0 spiro atoms. The second kappa shape index (κ2) is 2.58. The molecule has 0 bridgehead atoms. The second-order valence-corrected chi connectivity index (χ2v) is 2.65. The maximum absolute atomic E-state index is 11.3. The molecule has 6 nitrogen and oxygen atoms in total. The van der Waals surface area contributed by atoms with Crippen LogP contribution in [0.15, 0.2) is 11.1 Å². The van der Waals surface area contributed by atoms with Crippen molar-refractivity contribution in [3.05, 3.63) is 16.7 Å². The second-order valence-electron chi connectivity index (χ2n) is 2.65. The third kappa shape index (κ3) is 0.986. The number of hydrogen-bond donors (Lipinski definition) is 2. The van der Waals surface area contributed by atoms with Gasteiger partial charge in [-0.25, -0.2) is 4.98 Å². The van der Waals surface area contributed by atoms with E-state index < -0.39 is 0 Å². The first-order valence-corrected chi connectivity index (χ1v) is 3.82. The van der Waals surface area contributed by atoms with E-state index in [9.17, 15) is 4.79 Å². The van der Waals surface area contributed by atoms with Gasteiger partial charge >= 0.3 is 0 Å². The Hall–Kier alpha value is -1.85. The van der Waals surface area contributed by atoms with E-state index in [4.69, 9.17) is 0 Å². The lowest BCUT2D eigenvalue weighted by molar-refractivity contribution is 0.943. The van der Waals surface area contributed by atoms with Crippen molar-refractivity contribution < 1.29 is 0 Å². The zero-order chi connectivity index (χ0) is 9.42. The van der Waals surface area contributed by atoms with Crippen molar-refractivity contribution in [2.75, 3.05) is 12.4 Å². The van der Waals surface area contributed by atoms with Crippen LogP contribution in [-0.2, 0) is 7.05 Å². The first-order chi connectivity index (χ1) is 6.24. The fourth-order valence-electron chi connectivity index (χ4n) is 1.27. The predicted molar refractivity (Wildman–Crippen MR) is 48.7 cm³/mol. The first-order valence-electron chi connectivity index (χ1n) is 3.82. The number of hydrogen-bond acceptors (Lipinski definition) is 4. The number of imidazole rings is 1. The zero-order valence-corrected chi connectivity index (χ0v) is 7.33. The van der Waals surface area contributed by atoms with Gasteiger partial charge in [0.15, 0.2) is 11.2 Å². The van der Waals surface area contributed by atoms with Crippen molar-refractivity contribution in [1.82, 2.24) is 19.5 Å². The van der Waals surface area contributed by atoms with Gasteiger partial charge in [0, 0.05) is 14.1 Å². The van der Waals surface area contributed by atoms with Crippen LogP contribution in [0.1, 0.15) is 0 Å². The standard InChI is InChI=1S/C7H9N5O/c1-8-7-11-5-4(12(7)2)6(13)10-3-9-5/h3H,1-2H3,(H2,8,9,10,11,13). The Balaban J connectivity index is 2.93. The van der Waals surface area contributed by atoms with E-state index in [0.717, 1.165) is 0 Å². The fraction of sp³-hybridized carbons (Fsp3) is 0.286. The molecule has 2 heterocycles. The highest BCUT2D eigenvalue weighted by Gasteiger charge is 2.09. The van der Waals surface area contributed by atoms with Crippen molar-refractivity contribution in [2.24, 2.45) is 7.05 Å². The molecule has 0 amide bonds. The molecule has 2 aromatic heterocycles. The summed E-state index contributed by atoms with van der Waals surface area (Å²) < 4.78 is 1.67. The SMILES string of the molecule is CNc1nc2nc[nH]c(=O)c2n1C.